The molecule has 0 bridgehead atoms. The first-order valence-corrected chi connectivity index (χ1v) is 13.0. The summed E-state index contributed by atoms with van der Waals surface area (Å²) in [7, 11) is 0. The number of ether oxygens (including phenoxy) is 3. The van der Waals surface area contributed by atoms with Crippen molar-refractivity contribution in [2.75, 3.05) is 6.61 Å². The molecule has 2 aliphatic heterocycles. The van der Waals surface area contributed by atoms with Gasteiger partial charge in [0, 0.05) is 29.9 Å². The molecule has 5 rings (SSSR count). The number of fused-ring (bicyclic) bond motifs is 5. The fourth-order valence-corrected chi connectivity index (χ4v) is 9.31. The number of esters is 2. The first-order chi connectivity index (χ1) is 16.0. The number of cyclic esters (lactones) is 1. The van der Waals surface area contributed by atoms with E-state index in [9.17, 15) is 19.8 Å². The second-order valence-corrected chi connectivity index (χ2v) is 12.5. The topological polar surface area (TPSA) is 102 Å². The number of aliphatic hydroxyl groups is 2. The Labute approximate surface area is 202 Å². The van der Waals surface area contributed by atoms with Crippen molar-refractivity contribution in [1.82, 2.24) is 0 Å². The molecule has 0 aromatic carbocycles. The van der Waals surface area contributed by atoms with Crippen molar-refractivity contribution in [3.63, 3.8) is 0 Å². The van der Waals surface area contributed by atoms with E-state index in [-0.39, 0.29) is 34.1 Å². The van der Waals surface area contributed by atoms with Crippen LogP contribution in [-0.4, -0.2) is 47.4 Å². The van der Waals surface area contributed by atoms with E-state index >= 15 is 0 Å². The predicted molar refractivity (Wildman–Crippen MR) is 123 cm³/mol. The average molecular weight is 477 g/mol. The van der Waals surface area contributed by atoms with Crippen LogP contribution >= 0.6 is 0 Å². The molecular formula is C27H40O7. The summed E-state index contributed by atoms with van der Waals surface area (Å²) in [5, 5.41) is 21.2. The van der Waals surface area contributed by atoms with Gasteiger partial charge in [-0.15, -0.1) is 0 Å². The van der Waals surface area contributed by atoms with Gasteiger partial charge >= 0.3 is 11.9 Å². The summed E-state index contributed by atoms with van der Waals surface area (Å²) in [6.45, 7) is 9.17. The fraction of sp³-hybridized carbons (Fsp3) is 0.852. The van der Waals surface area contributed by atoms with Gasteiger partial charge in [0.1, 0.15) is 0 Å². The van der Waals surface area contributed by atoms with Crippen LogP contribution < -0.4 is 0 Å². The summed E-state index contributed by atoms with van der Waals surface area (Å²) in [4.78, 5) is 23.3. The van der Waals surface area contributed by atoms with E-state index in [1.807, 2.05) is 0 Å². The molecule has 10 atom stereocenters. The maximum absolute atomic E-state index is 11.7. The lowest BCUT2D eigenvalue weighted by atomic mass is 9.38. The van der Waals surface area contributed by atoms with Crippen molar-refractivity contribution in [3.05, 3.63) is 11.6 Å². The summed E-state index contributed by atoms with van der Waals surface area (Å²) in [6, 6.07) is 0. The summed E-state index contributed by atoms with van der Waals surface area (Å²) in [6.07, 6.45) is 6.82. The van der Waals surface area contributed by atoms with E-state index in [4.69, 9.17) is 14.2 Å². The van der Waals surface area contributed by atoms with Crippen LogP contribution in [0.15, 0.2) is 11.6 Å². The number of carbonyl (C=O) groups excluding carboxylic acids is 2. The first kappa shape index (κ1) is 24.3. The number of rotatable bonds is 3. The Bertz CT molecular complexity index is 884. The summed E-state index contributed by atoms with van der Waals surface area (Å²) >= 11 is 0. The normalized spacial score (nSPS) is 50.4. The number of hydrogen-bond acceptors (Lipinski definition) is 7. The number of carbonyl (C=O) groups is 2. The van der Waals surface area contributed by atoms with E-state index in [2.05, 4.69) is 20.8 Å². The smallest absolute Gasteiger partial charge is 0.333 e. The molecule has 190 valence electrons. The van der Waals surface area contributed by atoms with Gasteiger partial charge in [0.05, 0.1) is 12.7 Å². The molecule has 0 unspecified atom stereocenters. The van der Waals surface area contributed by atoms with E-state index in [1.165, 1.54) is 19.4 Å². The van der Waals surface area contributed by atoms with Crippen LogP contribution in [0.5, 0.6) is 0 Å². The minimum Gasteiger partial charge on any atom is -0.465 e. The molecule has 7 nitrogen and oxygen atoms in total. The van der Waals surface area contributed by atoms with Crippen molar-refractivity contribution >= 4 is 11.9 Å². The fourth-order valence-electron chi connectivity index (χ4n) is 9.31. The Kier molecular flexibility index (Phi) is 5.93. The molecule has 3 saturated carbocycles. The molecule has 4 fully saturated rings. The highest BCUT2D eigenvalue weighted by Crippen LogP contribution is 2.70. The first-order valence-electron chi connectivity index (χ1n) is 13.0. The quantitative estimate of drug-likeness (QED) is 0.599. The van der Waals surface area contributed by atoms with Crippen molar-refractivity contribution in [2.24, 2.45) is 39.9 Å². The second kappa shape index (κ2) is 8.31. The van der Waals surface area contributed by atoms with Crippen LogP contribution in [-0.2, 0) is 23.8 Å². The van der Waals surface area contributed by atoms with Crippen molar-refractivity contribution in [3.8, 4) is 0 Å². The van der Waals surface area contributed by atoms with Gasteiger partial charge in [0.2, 0.25) is 6.29 Å². The number of hydrogen-bond donors (Lipinski definition) is 2. The molecule has 0 amide bonds. The van der Waals surface area contributed by atoms with Gasteiger partial charge in [-0.1, -0.05) is 27.2 Å². The summed E-state index contributed by atoms with van der Waals surface area (Å²) in [5.41, 5.74) is 0.603. The third kappa shape index (κ3) is 3.65. The molecule has 7 heteroatoms. The average Bonchev–Trinajstić information content (AvgIpc) is 3.10. The standard InChI is InChI=1S/C27H40O7/c1-15(28)32-14-25(2)9-5-10-27(4)20(25)8-11-26(3)18-13-19(17-12-22(29)34-24(17)31)33-23(30)16(18)6-7-21(26)27/h12,16,18-21,23-24,30-31H,5-11,13-14H2,1-4H3/t16-,18+,19+,20+,21-,23-,24+,25+,26-,27-/m0/s1. The monoisotopic (exact) mass is 476 g/mol. The molecule has 2 N–H and O–H groups in total. The highest BCUT2D eigenvalue weighted by molar-refractivity contribution is 5.85. The third-order valence-corrected chi connectivity index (χ3v) is 10.7. The second-order valence-electron chi connectivity index (χ2n) is 12.5. The molecule has 0 spiro atoms. The van der Waals surface area contributed by atoms with Crippen molar-refractivity contribution in [1.29, 1.82) is 0 Å². The largest absolute Gasteiger partial charge is 0.465 e. The maximum Gasteiger partial charge on any atom is 0.333 e. The zero-order valence-electron chi connectivity index (χ0n) is 20.9. The van der Waals surface area contributed by atoms with Gasteiger partial charge < -0.3 is 24.4 Å². The SMILES string of the molecule is CC(=O)OC[C@@]1(C)CCC[C@]2(C)[C@H]3CC[C@H]4[C@@H](C[C@H](C5=CC(=O)O[C@H]5O)O[C@@H]4O)[C@]3(C)CC[C@H]12. The molecule has 3 aliphatic carbocycles. The minimum atomic E-state index is -1.29. The van der Waals surface area contributed by atoms with Gasteiger partial charge in [0.25, 0.3) is 0 Å². The molecule has 2 heterocycles. The molecule has 5 aliphatic rings. The molecule has 1 saturated heterocycles. The number of aliphatic hydroxyl groups excluding tert-OH is 2. The van der Waals surface area contributed by atoms with E-state index in [1.54, 1.807) is 0 Å². The van der Waals surface area contributed by atoms with Crippen LogP contribution in [0.1, 0.15) is 79.1 Å². The van der Waals surface area contributed by atoms with Gasteiger partial charge in [-0.25, -0.2) is 4.79 Å². The van der Waals surface area contributed by atoms with Gasteiger partial charge in [-0.2, -0.15) is 0 Å². The molecule has 0 aromatic heterocycles. The highest BCUT2D eigenvalue weighted by atomic mass is 16.6. The van der Waals surface area contributed by atoms with E-state index in [0.29, 0.717) is 30.4 Å². The van der Waals surface area contributed by atoms with Crippen LogP contribution in [0.4, 0.5) is 0 Å². The summed E-state index contributed by atoms with van der Waals surface area (Å²) in [5.74, 6) is 0.532. The van der Waals surface area contributed by atoms with Crippen LogP contribution in [0.25, 0.3) is 0 Å². The van der Waals surface area contributed by atoms with Crippen molar-refractivity contribution < 1.29 is 34.0 Å². The Balaban J connectivity index is 1.43. The lowest BCUT2D eigenvalue weighted by molar-refractivity contribution is -0.264. The van der Waals surface area contributed by atoms with Crippen LogP contribution in [0, 0.1) is 39.9 Å². The predicted octanol–water partition coefficient (Wildman–Crippen LogP) is 3.71. The molecule has 0 aromatic rings. The van der Waals surface area contributed by atoms with Crippen molar-refractivity contribution in [2.45, 2.75) is 97.7 Å². The van der Waals surface area contributed by atoms with Crippen LogP contribution in [0.2, 0.25) is 0 Å². The zero-order valence-corrected chi connectivity index (χ0v) is 20.9. The third-order valence-electron chi connectivity index (χ3n) is 10.7. The lowest BCUT2D eigenvalue weighted by Crippen LogP contribution is -2.62. The van der Waals surface area contributed by atoms with Crippen LogP contribution in [0.3, 0.4) is 0 Å². The Morgan fingerprint density at radius 3 is 2.53 bits per heavy atom. The lowest BCUT2D eigenvalue weighted by Gasteiger charge is -2.68. The van der Waals surface area contributed by atoms with E-state index < -0.39 is 24.7 Å². The highest BCUT2D eigenvalue weighted by Gasteiger charge is 2.64. The minimum absolute atomic E-state index is 0.00889. The summed E-state index contributed by atoms with van der Waals surface area (Å²) < 4.78 is 16.4. The molecular weight excluding hydrogens is 436 g/mol. The Morgan fingerprint density at radius 1 is 1.09 bits per heavy atom. The maximum atomic E-state index is 11.7. The molecule has 34 heavy (non-hydrogen) atoms. The van der Waals surface area contributed by atoms with Gasteiger partial charge in [0.15, 0.2) is 6.29 Å². The Hall–Kier alpha value is -1.44. The molecule has 0 radical (unpaired) electrons. The van der Waals surface area contributed by atoms with Gasteiger partial charge in [-0.05, 0) is 73.5 Å². The van der Waals surface area contributed by atoms with Gasteiger partial charge in [-0.3, -0.25) is 4.79 Å². The Morgan fingerprint density at radius 2 is 1.85 bits per heavy atom. The van der Waals surface area contributed by atoms with E-state index in [0.717, 1.165) is 38.5 Å². The zero-order chi connectivity index (χ0) is 24.5.